The molecule has 0 saturated carbocycles. The number of aromatic nitrogens is 1. The maximum atomic E-state index is 12.6. The number of fused-ring (bicyclic) bond motifs is 1. The van der Waals surface area contributed by atoms with Crippen LogP contribution in [0.15, 0.2) is 36.7 Å². The first-order valence-corrected chi connectivity index (χ1v) is 7.11. The zero-order valence-electron chi connectivity index (χ0n) is 10.8. The largest absolute Gasteiger partial charge is 0.298 e. The fourth-order valence-corrected chi connectivity index (χ4v) is 3.02. The molecule has 102 valence electrons. The molecule has 2 heterocycles. The third-order valence-corrected chi connectivity index (χ3v) is 4.08. The second kappa shape index (κ2) is 5.08. The number of rotatable bonds is 2. The topological polar surface area (TPSA) is 33.2 Å². The molecule has 1 aliphatic heterocycles. The highest BCUT2D eigenvalue weighted by molar-refractivity contribution is 6.34. The molecule has 3 nitrogen and oxygen atoms in total. The number of pyridine rings is 1. The minimum Gasteiger partial charge on any atom is -0.298 e. The fraction of sp³-hybridized carbons (Fsp3) is 0.200. The van der Waals surface area contributed by atoms with Crippen LogP contribution in [0.1, 0.15) is 35.3 Å². The lowest BCUT2D eigenvalue weighted by Crippen LogP contribution is -2.27. The summed E-state index contributed by atoms with van der Waals surface area (Å²) in [6.07, 6.45) is 4.01. The summed E-state index contributed by atoms with van der Waals surface area (Å²) in [6.45, 7) is 2.03. The standard InChI is InChI=1S/C15H12Cl2N2O/c1-2-13-11-7-9(16)3-4-10(11)15(20)19(13)14-8-18-6-5-12(14)17/h3-8,13H,2H2,1H3. The molecule has 0 bridgehead atoms. The van der Waals surface area contributed by atoms with Crippen molar-refractivity contribution < 1.29 is 4.79 Å². The Labute approximate surface area is 127 Å². The predicted molar refractivity (Wildman–Crippen MR) is 80.5 cm³/mol. The molecule has 20 heavy (non-hydrogen) atoms. The third-order valence-electron chi connectivity index (χ3n) is 3.53. The van der Waals surface area contributed by atoms with Gasteiger partial charge in [0.1, 0.15) is 0 Å². The van der Waals surface area contributed by atoms with Crippen molar-refractivity contribution in [3.63, 3.8) is 0 Å². The predicted octanol–water partition coefficient (Wildman–Crippen LogP) is 4.50. The van der Waals surface area contributed by atoms with Gasteiger partial charge in [-0.1, -0.05) is 30.1 Å². The number of anilines is 1. The van der Waals surface area contributed by atoms with Gasteiger partial charge in [-0.25, -0.2) is 0 Å². The summed E-state index contributed by atoms with van der Waals surface area (Å²) < 4.78 is 0. The van der Waals surface area contributed by atoms with Crippen LogP contribution in [-0.4, -0.2) is 10.9 Å². The van der Waals surface area contributed by atoms with Gasteiger partial charge in [0.25, 0.3) is 5.91 Å². The molecule has 0 radical (unpaired) electrons. The average Bonchev–Trinajstić information content (AvgIpc) is 2.71. The van der Waals surface area contributed by atoms with Crippen LogP contribution < -0.4 is 4.90 Å². The van der Waals surface area contributed by atoms with Crippen molar-refractivity contribution in [2.75, 3.05) is 4.90 Å². The summed E-state index contributed by atoms with van der Waals surface area (Å²) in [5.74, 6) is -0.0570. The highest BCUT2D eigenvalue weighted by atomic mass is 35.5. The number of hydrogen-bond donors (Lipinski definition) is 0. The van der Waals surface area contributed by atoms with Crippen LogP contribution in [0.25, 0.3) is 0 Å². The lowest BCUT2D eigenvalue weighted by molar-refractivity contribution is 0.0990. The molecule has 3 rings (SSSR count). The molecule has 1 aliphatic rings. The van der Waals surface area contributed by atoms with Crippen molar-refractivity contribution in [2.24, 2.45) is 0 Å². The van der Waals surface area contributed by atoms with Gasteiger partial charge in [-0.15, -0.1) is 0 Å². The van der Waals surface area contributed by atoms with E-state index in [0.29, 0.717) is 21.3 Å². The Morgan fingerprint density at radius 3 is 2.80 bits per heavy atom. The first-order chi connectivity index (χ1) is 9.63. The number of nitrogens with zero attached hydrogens (tertiary/aromatic N) is 2. The Morgan fingerprint density at radius 1 is 1.30 bits per heavy atom. The van der Waals surface area contributed by atoms with Crippen molar-refractivity contribution in [3.05, 3.63) is 57.8 Å². The van der Waals surface area contributed by atoms with E-state index in [2.05, 4.69) is 4.98 Å². The third kappa shape index (κ3) is 1.98. The molecule has 2 aromatic rings. The van der Waals surface area contributed by atoms with Gasteiger partial charge >= 0.3 is 0 Å². The van der Waals surface area contributed by atoms with E-state index in [9.17, 15) is 4.79 Å². The summed E-state index contributed by atoms with van der Waals surface area (Å²) in [7, 11) is 0. The van der Waals surface area contributed by atoms with Crippen LogP contribution in [0.5, 0.6) is 0 Å². The maximum absolute atomic E-state index is 12.6. The minimum atomic E-state index is -0.0575. The number of halogens is 2. The monoisotopic (exact) mass is 306 g/mol. The van der Waals surface area contributed by atoms with Gasteiger partial charge in [0, 0.05) is 16.8 Å². The van der Waals surface area contributed by atoms with Crippen molar-refractivity contribution in [1.29, 1.82) is 0 Å². The number of carbonyl (C=O) groups is 1. The number of carbonyl (C=O) groups excluding carboxylic acids is 1. The van der Waals surface area contributed by atoms with E-state index in [-0.39, 0.29) is 11.9 Å². The lowest BCUT2D eigenvalue weighted by atomic mass is 10.0. The second-order valence-electron chi connectivity index (χ2n) is 4.66. The summed E-state index contributed by atoms with van der Waals surface area (Å²) in [4.78, 5) is 18.4. The molecule has 0 fully saturated rings. The smallest absolute Gasteiger partial charge is 0.259 e. The first-order valence-electron chi connectivity index (χ1n) is 6.36. The maximum Gasteiger partial charge on any atom is 0.259 e. The number of benzene rings is 1. The van der Waals surface area contributed by atoms with Crippen LogP contribution in [-0.2, 0) is 0 Å². The molecule has 0 aliphatic carbocycles. The molecule has 1 amide bonds. The van der Waals surface area contributed by atoms with E-state index >= 15 is 0 Å². The van der Waals surface area contributed by atoms with Crippen LogP contribution in [0.3, 0.4) is 0 Å². The minimum absolute atomic E-state index is 0.0570. The Morgan fingerprint density at radius 2 is 2.10 bits per heavy atom. The van der Waals surface area contributed by atoms with Crippen molar-refractivity contribution in [1.82, 2.24) is 4.98 Å². The van der Waals surface area contributed by atoms with E-state index in [1.807, 2.05) is 13.0 Å². The Hall–Kier alpha value is -1.58. The normalized spacial score (nSPS) is 17.4. The highest BCUT2D eigenvalue weighted by Gasteiger charge is 2.37. The molecule has 1 atom stereocenters. The van der Waals surface area contributed by atoms with Gasteiger partial charge < -0.3 is 0 Å². The summed E-state index contributed by atoms with van der Waals surface area (Å²) in [5, 5.41) is 1.15. The van der Waals surface area contributed by atoms with Gasteiger partial charge in [-0.3, -0.25) is 14.7 Å². The van der Waals surface area contributed by atoms with Gasteiger partial charge in [0.05, 0.1) is 22.9 Å². The second-order valence-corrected chi connectivity index (χ2v) is 5.50. The SMILES string of the molecule is CCC1c2cc(Cl)ccc2C(=O)N1c1cnccc1Cl. The number of amides is 1. The molecule has 1 aromatic heterocycles. The zero-order valence-corrected chi connectivity index (χ0v) is 12.3. The van der Waals surface area contributed by atoms with Crippen LogP contribution in [0.4, 0.5) is 5.69 Å². The highest BCUT2D eigenvalue weighted by Crippen LogP contribution is 2.42. The van der Waals surface area contributed by atoms with Gasteiger partial charge in [-0.05, 0) is 36.2 Å². The molecular formula is C15H12Cl2N2O. The van der Waals surface area contributed by atoms with Gasteiger partial charge in [-0.2, -0.15) is 0 Å². The molecule has 0 N–H and O–H groups in total. The van der Waals surface area contributed by atoms with Crippen LogP contribution in [0, 0.1) is 0 Å². The molecular weight excluding hydrogens is 295 g/mol. The number of hydrogen-bond acceptors (Lipinski definition) is 2. The Balaban J connectivity index is 2.15. The van der Waals surface area contributed by atoms with Crippen LogP contribution in [0.2, 0.25) is 10.0 Å². The molecule has 0 spiro atoms. The van der Waals surface area contributed by atoms with Crippen molar-refractivity contribution in [3.8, 4) is 0 Å². The molecule has 5 heteroatoms. The fourth-order valence-electron chi connectivity index (χ4n) is 2.64. The Bertz CT molecular complexity index is 687. The van der Waals surface area contributed by atoms with Gasteiger partial charge in [0.2, 0.25) is 0 Å². The summed E-state index contributed by atoms with van der Waals surface area (Å²) >= 11 is 12.3. The van der Waals surface area contributed by atoms with E-state index in [4.69, 9.17) is 23.2 Å². The summed E-state index contributed by atoms with van der Waals surface area (Å²) in [5.41, 5.74) is 2.27. The average molecular weight is 307 g/mol. The van der Waals surface area contributed by atoms with E-state index in [0.717, 1.165) is 12.0 Å². The molecule has 0 saturated heterocycles. The molecule has 1 aromatic carbocycles. The quantitative estimate of drug-likeness (QED) is 0.818. The lowest BCUT2D eigenvalue weighted by Gasteiger charge is -2.24. The van der Waals surface area contributed by atoms with Crippen molar-refractivity contribution >= 4 is 34.8 Å². The van der Waals surface area contributed by atoms with E-state index in [1.54, 1.807) is 35.5 Å². The summed E-state index contributed by atoms with van der Waals surface area (Å²) in [6, 6.07) is 6.99. The zero-order chi connectivity index (χ0) is 14.3. The Kier molecular flexibility index (Phi) is 3.40. The van der Waals surface area contributed by atoms with E-state index < -0.39 is 0 Å². The van der Waals surface area contributed by atoms with Crippen molar-refractivity contribution in [2.45, 2.75) is 19.4 Å². The van der Waals surface area contributed by atoms with E-state index in [1.165, 1.54) is 0 Å². The first kappa shape index (κ1) is 13.4. The molecule has 1 unspecified atom stereocenters. The van der Waals surface area contributed by atoms with Gasteiger partial charge in [0.15, 0.2) is 0 Å². The van der Waals surface area contributed by atoms with Crippen LogP contribution >= 0.6 is 23.2 Å².